The smallest absolute Gasteiger partial charge is 0.262 e. The van der Waals surface area contributed by atoms with E-state index in [4.69, 9.17) is 0 Å². The molecule has 0 aliphatic carbocycles. The highest BCUT2D eigenvalue weighted by molar-refractivity contribution is 7.99. The lowest BCUT2D eigenvalue weighted by atomic mass is 10.0. The van der Waals surface area contributed by atoms with Gasteiger partial charge < -0.3 is 5.32 Å². The predicted octanol–water partition coefficient (Wildman–Crippen LogP) is 4.62. The van der Waals surface area contributed by atoms with Gasteiger partial charge in [-0.2, -0.15) is 0 Å². The van der Waals surface area contributed by atoms with Crippen LogP contribution in [0.5, 0.6) is 0 Å². The van der Waals surface area contributed by atoms with E-state index in [1.54, 1.807) is 17.8 Å². The molecule has 2 aromatic heterocycles. The molecule has 1 N–H and O–H groups in total. The molecular weight excluding hydrogens is 433 g/mol. The van der Waals surface area contributed by atoms with Crippen LogP contribution in [0.3, 0.4) is 0 Å². The quantitative estimate of drug-likeness (QED) is 0.492. The Morgan fingerprint density at radius 3 is 2.87 bits per heavy atom. The molecule has 5 nitrogen and oxygen atoms in total. The average molecular weight is 452 g/mol. The van der Waals surface area contributed by atoms with Gasteiger partial charge in [0, 0.05) is 15.5 Å². The highest BCUT2D eigenvalue weighted by atomic mass is 32.2. The first-order chi connectivity index (χ1) is 15.1. The zero-order chi connectivity index (χ0) is 21.4. The zero-order valence-corrected chi connectivity index (χ0v) is 18.0. The number of benzene rings is 2. The number of thioether (sulfide) groups is 1. The Labute approximate surface area is 185 Å². The van der Waals surface area contributed by atoms with Crippen molar-refractivity contribution in [3.05, 3.63) is 82.7 Å². The van der Waals surface area contributed by atoms with Crippen molar-refractivity contribution >= 4 is 39.2 Å². The number of thiophene rings is 1. The molecule has 1 amide bonds. The third-order valence-electron chi connectivity index (χ3n) is 5.24. The van der Waals surface area contributed by atoms with Crippen molar-refractivity contribution in [2.24, 2.45) is 0 Å². The first-order valence-corrected chi connectivity index (χ1v) is 11.6. The first kappa shape index (κ1) is 20.0. The van der Waals surface area contributed by atoms with Crippen molar-refractivity contribution in [1.82, 2.24) is 14.9 Å². The van der Waals surface area contributed by atoms with Crippen molar-refractivity contribution in [3.8, 4) is 10.4 Å². The number of carbonyl (C=O) groups is 1. The molecular formula is C23H18FN3O2S2. The highest BCUT2D eigenvalue weighted by Gasteiger charge is 2.23. The summed E-state index contributed by atoms with van der Waals surface area (Å²) in [5, 5.41) is 3.45. The van der Waals surface area contributed by atoms with E-state index in [0.717, 1.165) is 26.7 Å². The molecule has 4 aromatic rings. The summed E-state index contributed by atoms with van der Waals surface area (Å²) in [4.78, 5) is 32.6. The summed E-state index contributed by atoms with van der Waals surface area (Å²) in [6.45, 7) is -0.132. The monoisotopic (exact) mass is 451 g/mol. The molecule has 0 fully saturated rings. The summed E-state index contributed by atoms with van der Waals surface area (Å²) in [5.74, 6) is 0.223. The molecule has 0 bridgehead atoms. The minimum absolute atomic E-state index is 0.132. The number of fused-ring (bicyclic) bond motifs is 2. The van der Waals surface area contributed by atoms with E-state index in [2.05, 4.69) is 10.3 Å². The molecule has 0 saturated heterocycles. The second-order valence-electron chi connectivity index (χ2n) is 7.31. The fourth-order valence-corrected chi connectivity index (χ4v) is 5.83. The van der Waals surface area contributed by atoms with Crippen molar-refractivity contribution in [2.45, 2.75) is 23.9 Å². The number of hydrogen-bond donors (Lipinski definition) is 1. The van der Waals surface area contributed by atoms with Gasteiger partial charge in [-0.05, 0) is 41.8 Å². The maximum atomic E-state index is 13.7. The normalized spacial score (nSPS) is 15.6. The number of nitrogens with zero attached hydrogens (tertiary/aromatic N) is 2. The van der Waals surface area contributed by atoms with Gasteiger partial charge in [-0.1, -0.05) is 30.3 Å². The van der Waals surface area contributed by atoms with Crippen LogP contribution in [0.1, 0.15) is 18.0 Å². The van der Waals surface area contributed by atoms with Crippen LogP contribution in [-0.4, -0.2) is 21.2 Å². The number of nitrogens with one attached hydrogen (secondary N) is 1. The van der Waals surface area contributed by atoms with E-state index in [1.807, 2.05) is 36.4 Å². The average Bonchev–Trinajstić information content (AvgIpc) is 3.22. The van der Waals surface area contributed by atoms with Gasteiger partial charge in [0.1, 0.15) is 17.2 Å². The fraction of sp³-hybridized carbons (Fsp3) is 0.174. The summed E-state index contributed by atoms with van der Waals surface area (Å²) >= 11 is 3.11. The Hall–Kier alpha value is -2.97. The number of aromatic nitrogens is 2. The molecule has 156 valence electrons. The molecule has 8 heteroatoms. The van der Waals surface area contributed by atoms with Gasteiger partial charge in [0.25, 0.3) is 5.56 Å². The second-order valence-corrected chi connectivity index (χ2v) is 9.48. The Morgan fingerprint density at radius 1 is 1.19 bits per heavy atom. The van der Waals surface area contributed by atoms with E-state index in [1.165, 1.54) is 34.4 Å². The summed E-state index contributed by atoms with van der Waals surface area (Å²) in [6, 6.07) is 16.0. The molecule has 5 rings (SSSR count). The second kappa shape index (κ2) is 8.28. The Morgan fingerprint density at radius 2 is 2.03 bits per heavy atom. The molecule has 1 aliphatic rings. The maximum absolute atomic E-state index is 13.7. The number of halogens is 1. The van der Waals surface area contributed by atoms with Crippen molar-refractivity contribution < 1.29 is 9.18 Å². The molecule has 0 radical (unpaired) electrons. The largest absolute Gasteiger partial charge is 0.348 e. The van der Waals surface area contributed by atoms with Crippen LogP contribution >= 0.6 is 23.1 Å². The third kappa shape index (κ3) is 4.00. The standard InChI is InChI=1S/C23H18FN3O2S2/c24-15-6-7-19-16(10-15)18(8-9-30-19)26-21(28)12-27-13-25-22-17(23(27)29)11-20(31-22)14-4-2-1-3-5-14/h1-7,10-11,13,18H,8-9,12H2,(H,26,28). The van der Waals surface area contributed by atoms with Crippen LogP contribution in [0.15, 0.2) is 70.6 Å². The molecule has 3 heterocycles. The predicted molar refractivity (Wildman–Crippen MR) is 122 cm³/mol. The lowest BCUT2D eigenvalue weighted by molar-refractivity contribution is -0.122. The maximum Gasteiger partial charge on any atom is 0.262 e. The SMILES string of the molecule is O=C(Cn1cnc2sc(-c3ccccc3)cc2c1=O)NC1CCSc2ccc(F)cc21. The first-order valence-electron chi connectivity index (χ1n) is 9.84. The highest BCUT2D eigenvalue weighted by Crippen LogP contribution is 2.36. The number of rotatable bonds is 4. The summed E-state index contributed by atoms with van der Waals surface area (Å²) in [5.41, 5.74) is 1.57. The van der Waals surface area contributed by atoms with E-state index < -0.39 is 0 Å². The Balaban J connectivity index is 1.37. The van der Waals surface area contributed by atoms with Crippen LogP contribution < -0.4 is 10.9 Å². The molecule has 0 spiro atoms. The Kier molecular flexibility index (Phi) is 5.33. The van der Waals surface area contributed by atoms with Crippen LogP contribution in [0, 0.1) is 5.82 Å². The number of carbonyl (C=O) groups excluding carboxylic acids is 1. The molecule has 0 saturated carbocycles. The van der Waals surface area contributed by atoms with Crippen LogP contribution in [0.2, 0.25) is 0 Å². The molecule has 1 unspecified atom stereocenters. The molecule has 31 heavy (non-hydrogen) atoms. The van der Waals surface area contributed by atoms with Crippen LogP contribution in [0.25, 0.3) is 20.7 Å². The summed E-state index contributed by atoms with van der Waals surface area (Å²) < 4.78 is 15.0. The molecule has 1 atom stereocenters. The lowest BCUT2D eigenvalue weighted by Gasteiger charge is -2.26. The summed E-state index contributed by atoms with van der Waals surface area (Å²) in [6.07, 6.45) is 2.13. The molecule has 1 aliphatic heterocycles. The minimum atomic E-state index is -0.321. The van der Waals surface area contributed by atoms with Gasteiger partial charge in [-0.15, -0.1) is 23.1 Å². The van der Waals surface area contributed by atoms with Crippen molar-refractivity contribution in [2.75, 3.05) is 5.75 Å². The van der Waals surface area contributed by atoms with Crippen LogP contribution in [-0.2, 0) is 11.3 Å². The fourth-order valence-electron chi connectivity index (χ4n) is 3.73. The zero-order valence-electron chi connectivity index (χ0n) is 16.4. The minimum Gasteiger partial charge on any atom is -0.348 e. The van der Waals surface area contributed by atoms with Gasteiger partial charge >= 0.3 is 0 Å². The number of amides is 1. The van der Waals surface area contributed by atoms with Crippen LogP contribution in [0.4, 0.5) is 4.39 Å². The Bertz CT molecular complexity index is 1330. The van der Waals surface area contributed by atoms with Crippen molar-refractivity contribution in [3.63, 3.8) is 0 Å². The van der Waals surface area contributed by atoms with E-state index in [0.29, 0.717) is 16.6 Å². The van der Waals surface area contributed by atoms with Gasteiger partial charge in [-0.3, -0.25) is 14.2 Å². The van der Waals surface area contributed by atoms with Gasteiger partial charge in [-0.25, -0.2) is 9.37 Å². The topological polar surface area (TPSA) is 64.0 Å². The number of hydrogen-bond acceptors (Lipinski definition) is 5. The van der Waals surface area contributed by atoms with Gasteiger partial charge in [0.05, 0.1) is 17.8 Å². The van der Waals surface area contributed by atoms with E-state index >= 15 is 0 Å². The van der Waals surface area contributed by atoms with Crippen molar-refractivity contribution in [1.29, 1.82) is 0 Å². The molecule has 2 aromatic carbocycles. The summed E-state index contributed by atoms with van der Waals surface area (Å²) in [7, 11) is 0. The third-order valence-corrected chi connectivity index (χ3v) is 7.45. The van der Waals surface area contributed by atoms with Gasteiger partial charge in [0.2, 0.25) is 5.91 Å². The van der Waals surface area contributed by atoms with E-state index in [-0.39, 0.29) is 29.9 Å². The van der Waals surface area contributed by atoms with E-state index in [9.17, 15) is 14.0 Å². The van der Waals surface area contributed by atoms with Gasteiger partial charge in [0.15, 0.2) is 0 Å². The lowest BCUT2D eigenvalue weighted by Crippen LogP contribution is -2.35.